The van der Waals surface area contributed by atoms with Crippen molar-refractivity contribution in [1.29, 1.82) is 0 Å². The van der Waals surface area contributed by atoms with Gasteiger partial charge in [-0.2, -0.15) is 0 Å². The van der Waals surface area contributed by atoms with Crippen molar-refractivity contribution in [2.45, 2.75) is 65.3 Å². The summed E-state index contributed by atoms with van der Waals surface area (Å²) in [5.41, 5.74) is 0.506. The second-order valence-electron chi connectivity index (χ2n) is 8.44. The van der Waals surface area contributed by atoms with Crippen LogP contribution in [0.15, 0.2) is 0 Å². The molecule has 1 saturated heterocycles. The van der Waals surface area contributed by atoms with Crippen LogP contribution in [-0.2, 0) is 4.74 Å². The number of ether oxygens (including phenoxy) is 1. The second-order valence-corrected chi connectivity index (χ2v) is 8.44. The molecule has 0 bridgehead atoms. The van der Waals surface area contributed by atoms with E-state index in [-0.39, 0.29) is 5.54 Å². The molecule has 124 valence electrons. The van der Waals surface area contributed by atoms with Crippen molar-refractivity contribution < 1.29 is 4.74 Å². The molecule has 3 heteroatoms. The number of hydrogen-bond donors (Lipinski definition) is 1. The zero-order valence-electron chi connectivity index (χ0n) is 14.7. The van der Waals surface area contributed by atoms with E-state index in [0.717, 1.165) is 25.7 Å². The minimum Gasteiger partial charge on any atom is -0.381 e. The lowest BCUT2D eigenvalue weighted by Gasteiger charge is -2.42. The van der Waals surface area contributed by atoms with E-state index >= 15 is 0 Å². The van der Waals surface area contributed by atoms with Crippen LogP contribution in [-0.4, -0.2) is 49.8 Å². The maximum Gasteiger partial charge on any atom is 0.0546 e. The first-order valence-corrected chi connectivity index (χ1v) is 8.98. The summed E-state index contributed by atoms with van der Waals surface area (Å²) in [7, 11) is 0. The van der Waals surface area contributed by atoms with Gasteiger partial charge in [-0.05, 0) is 65.3 Å². The molecule has 21 heavy (non-hydrogen) atoms. The Balaban J connectivity index is 1.95. The van der Waals surface area contributed by atoms with Gasteiger partial charge in [-0.3, -0.25) is 0 Å². The zero-order chi connectivity index (χ0) is 15.3. The first-order chi connectivity index (χ1) is 9.92. The van der Waals surface area contributed by atoms with Gasteiger partial charge in [0.05, 0.1) is 6.61 Å². The quantitative estimate of drug-likeness (QED) is 0.744. The van der Waals surface area contributed by atoms with E-state index in [0.29, 0.717) is 5.41 Å². The Morgan fingerprint density at radius 2 is 2.05 bits per heavy atom. The minimum absolute atomic E-state index is 0.191. The van der Waals surface area contributed by atoms with Gasteiger partial charge in [0.1, 0.15) is 0 Å². The lowest BCUT2D eigenvalue weighted by Crippen LogP contribution is -2.52. The zero-order valence-corrected chi connectivity index (χ0v) is 14.7. The van der Waals surface area contributed by atoms with Crippen molar-refractivity contribution >= 4 is 0 Å². The highest BCUT2D eigenvalue weighted by Gasteiger charge is 2.36. The third-order valence-electron chi connectivity index (χ3n) is 4.71. The molecule has 0 spiro atoms. The number of rotatable bonds is 8. The van der Waals surface area contributed by atoms with Gasteiger partial charge in [0.2, 0.25) is 0 Å². The van der Waals surface area contributed by atoms with Crippen molar-refractivity contribution in [3.05, 3.63) is 0 Å². The van der Waals surface area contributed by atoms with E-state index in [1.54, 1.807) is 0 Å². The van der Waals surface area contributed by atoms with E-state index in [1.165, 1.54) is 51.7 Å². The van der Waals surface area contributed by atoms with Gasteiger partial charge in [0, 0.05) is 37.2 Å². The summed E-state index contributed by atoms with van der Waals surface area (Å²) in [6.45, 7) is 15.8. The molecule has 1 unspecified atom stereocenters. The van der Waals surface area contributed by atoms with Gasteiger partial charge in [-0.15, -0.1) is 0 Å². The van der Waals surface area contributed by atoms with Gasteiger partial charge in [-0.1, -0.05) is 6.92 Å². The van der Waals surface area contributed by atoms with Crippen LogP contribution in [0.4, 0.5) is 0 Å². The lowest BCUT2D eigenvalue weighted by molar-refractivity contribution is -0.0294. The average Bonchev–Trinajstić information content (AvgIpc) is 3.21. The highest BCUT2D eigenvalue weighted by molar-refractivity contribution is 4.90. The van der Waals surface area contributed by atoms with Crippen molar-refractivity contribution in [2.75, 3.05) is 39.4 Å². The Kier molecular flexibility index (Phi) is 6.10. The number of nitrogens with zero attached hydrogens (tertiary/aromatic N) is 1. The molecule has 1 aliphatic heterocycles. The van der Waals surface area contributed by atoms with Gasteiger partial charge in [-0.25, -0.2) is 0 Å². The average molecular weight is 296 g/mol. The number of nitrogens with one attached hydrogen (secondary N) is 1. The summed E-state index contributed by atoms with van der Waals surface area (Å²) in [5.74, 6) is 0.980. The largest absolute Gasteiger partial charge is 0.381 e. The van der Waals surface area contributed by atoms with E-state index < -0.39 is 0 Å². The second kappa shape index (κ2) is 7.43. The van der Waals surface area contributed by atoms with Crippen LogP contribution < -0.4 is 5.32 Å². The van der Waals surface area contributed by atoms with Crippen molar-refractivity contribution in [2.24, 2.45) is 11.3 Å². The van der Waals surface area contributed by atoms with Crippen molar-refractivity contribution in [3.63, 3.8) is 0 Å². The lowest BCUT2D eigenvalue weighted by atomic mass is 9.81. The summed E-state index contributed by atoms with van der Waals surface area (Å²) in [5, 5.41) is 3.74. The molecule has 1 aliphatic carbocycles. The first-order valence-electron chi connectivity index (χ1n) is 8.98. The van der Waals surface area contributed by atoms with Crippen LogP contribution in [0.2, 0.25) is 0 Å². The molecule has 1 heterocycles. The van der Waals surface area contributed by atoms with Crippen molar-refractivity contribution in [1.82, 2.24) is 10.2 Å². The van der Waals surface area contributed by atoms with Gasteiger partial charge >= 0.3 is 0 Å². The SMILES string of the molecule is CCCN(CC1CC1)CC1(CNC(C)(C)C)CCCOC1. The van der Waals surface area contributed by atoms with Crippen LogP contribution in [0.1, 0.15) is 59.8 Å². The molecule has 2 aliphatic rings. The summed E-state index contributed by atoms with van der Waals surface area (Å²) >= 11 is 0. The molecule has 0 aromatic rings. The summed E-state index contributed by atoms with van der Waals surface area (Å²) in [6.07, 6.45) is 6.68. The van der Waals surface area contributed by atoms with Gasteiger partial charge < -0.3 is 15.0 Å². The Labute approximate surface area is 131 Å². The summed E-state index contributed by atoms with van der Waals surface area (Å²) in [4.78, 5) is 2.72. The molecule has 1 atom stereocenters. The van der Waals surface area contributed by atoms with Crippen LogP contribution in [0.3, 0.4) is 0 Å². The maximum absolute atomic E-state index is 5.88. The standard InChI is InChI=1S/C18H36N2O/c1-5-10-20(12-16-7-8-16)14-18(9-6-11-21-15-18)13-19-17(2,3)4/h16,19H,5-15H2,1-4H3. The van der Waals surface area contributed by atoms with E-state index in [1.807, 2.05) is 0 Å². The molecule has 2 fully saturated rings. The summed E-state index contributed by atoms with van der Waals surface area (Å²) in [6, 6.07) is 0. The van der Waals surface area contributed by atoms with E-state index in [4.69, 9.17) is 4.74 Å². The monoisotopic (exact) mass is 296 g/mol. The molecule has 2 rings (SSSR count). The van der Waals surface area contributed by atoms with Crippen LogP contribution >= 0.6 is 0 Å². The van der Waals surface area contributed by atoms with Gasteiger partial charge in [0.25, 0.3) is 0 Å². The predicted molar refractivity (Wildman–Crippen MR) is 89.7 cm³/mol. The molecule has 0 radical (unpaired) electrons. The molecule has 1 N–H and O–H groups in total. The number of hydrogen-bond acceptors (Lipinski definition) is 3. The fraction of sp³-hybridized carbons (Fsp3) is 1.00. The predicted octanol–water partition coefficient (Wildman–Crippen LogP) is 3.29. The maximum atomic E-state index is 5.88. The molecule has 1 saturated carbocycles. The smallest absolute Gasteiger partial charge is 0.0546 e. The Morgan fingerprint density at radius 1 is 1.29 bits per heavy atom. The normalized spacial score (nSPS) is 27.3. The highest BCUT2D eigenvalue weighted by atomic mass is 16.5. The van der Waals surface area contributed by atoms with Crippen LogP contribution in [0, 0.1) is 11.3 Å². The molecule has 0 aromatic carbocycles. The molecule has 0 aromatic heterocycles. The first kappa shape index (κ1) is 17.2. The van der Waals surface area contributed by atoms with Crippen LogP contribution in [0.5, 0.6) is 0 Å². The fourth-order valence-electron chi connectivity index (χ4n) is 3.37. The topological polar surface area (TPSA) is 24.5 Å². The minimum atomic E-state index is 0.191. The van der Waals surface area contributed by atoms with Crippen LogP contribution in [0.25, 0.3) is 0 Å². The third kappa shape index (κ3) is 6.25. The Hall–Kier alpha value is -0.120. The molecular formula is C18H36N2O. The van der Waals surface area contributed by atoms with Gasteiger partial charge in [0.15, 0.2) is 0 Å². The molecular weight excluding hydrogens is 260 g/mol. The van der Waals surface area contributed by atoms with E-state index in [2.05, 4.69) is 37.9 Å². The highest BCUT2D eigenvalue weighted by Crippen LogP contribution is 2.33. The van der Waals surface area contributed by atoms with Crippen molar-refractivity contribution in [3.8, 4) is 0 Å². The summed E-state index contributed by atoms with van der Waals surface area (Å²) < 4.78 is 5.88. The van der Waals surface area contributed by atoms with E-state index in [9.17, 15) is 0 Å². The Bertz CT molecular complexity index is 301. The molecule has 0 amide bonds. The molecule has 3 nitrogen and oxygen atoms in total. The fourth-order valence-corrected chi connectivity index (χ4v) is 3.37. The Morgan fingerprint density at radius 3 is 2.57 bits per heavy atom. The third-order valence-corrected chi connectivity index (χ3v) is 4.71.